The van der Waals surface area contributed by atoms with Crippen LogP contribution in [0.25, 0.3) is 10.9 Å². The van der Waals surface area contributed by atoms with Crippen LogP contribution in [0.2, 0.25) is 0 Å². The van der Waals surface area contributed by atoms with Crippen LogP contribution in [0, 0.1) is 5.82 Å². The number of aromatic nitrogens is 1. The predicted molar refractivity (Wildman–Crippen MR) is 86.8 cm³/mol. The van der Waals surface area contributed by atoms with Gasteiger partial charge in [0.2, 0.25) is 5.91 Å². The summed E-state index contributed by atoms with van der Waals surface area (Å²) < 4.78 is 20.1. The van der Waals surface area contributed by atoms with E-state index >= 15 is 0 Å². The molecule has 3 rings (SSSR count). The molecule has 0 saturated carbocycles. The highest BCUT2D eigenvalue weighted by atomic mass is 19.1. The molecule has 1 N–H and O–H groups in total. The van der Waals surface area contributed by atoms with E-state index in [-0.39, 0.29) is 18.3 Å². The van der Waals surface area contributed by atoms with Gasteiger partial charge in [0.1, 0.15) is 24.7 Å². The number of rotatable bonds is 6. The third kappa shape index (κ3) is 3.88. The third-order valence-electron chi connectivity index (χ3n) is 3.50. The molecule has 1 aromatic heterocycles. The molecule has 0 bridgehead atoms. The molecule has 0 aliphatic carbocycles. The summed E-state index contributed by atoms with van der Waals surface area (Å²) in [7, 11) is 0. The van der Waals surface area contributed by atoms with Crippen molar-refractivity contribution in [1.29, 1.82) is 0 Å². The molecule has 5 heteroatoms. The summed E-state index contributed by atoms with van der Waals surface area (Å²) in [6.45, 7) is 1.00. The van der Waals surface area contributed by atoms with Crippen molar-refractivity contribution in [2.45, 2.75) is 6.54 Å². The van der Waals surface area contributed by atoms with Gasteiger partial charge in [-0.25, -0.2) is 4.39 Å². The number of nitrogens with one attached hydrogen (secondary N) is 1. The van der Waals surface area contributed by atoms with Crippen LogP contribution in [0.15, 0.2) is 60.8 Å². The van der Waals surface area contributed by atoms with E-state index in [4.69, 9.17) is 4.74 Å². The highest BCUT2D eigenvalue weighted by Crippen LogP contribution is 2.14. The van der Waals surface area contributed by atoms with Crippen LogP contribution in [-0.2, 0) is 11.3 Å². The Morgan fingerprint density at radius 2 is 1.87 bits per heavy atom. The lowest BCUT2D eigenvalue weighted by atomic mass is 10.2. The van der Waals surface area contributed by atoms with Gasteiger partial charge in [-0.2, -0.15) is 0 Å². The van der Waals surface area contributed by atoms with Crippen LogP contribution in [0.3, 0.4) is 0 Å². The first-order valence-electron chi connectivity index (χ1n) is 7.41. The van der Waals surface area contributed by atoms with Crippen LogP contribution in [0.4, 0.5) is 4.39 Å². The van der Waals surface area contributed by atoms with Gasteiger partial charge in [0.05, 0.1) is 6.54 Å². The molecule has 1 amide bonds. The molecule has 0 spiro atoms. The standard InChI is InChI=1S/C18H17FN2O2/c19-15-5-7-16(8-6-15)23-12-10-20-18(22)13-21-11-9-14-3-1-2-4-17(14)21/h1-9,11H,10,12-13H2,(H,20,22). The number of carbonyl (C=O) groups is 1. The van der Waals surface area contributed by atoms with Crippen LogP contribution >= 0.6 is 0 Å². The number of carbonyl (C=O) groups excluding carboxylic acids is 1. The summed E-state index contributed by atoms with van der Waals surface area (Å²) in [4.78, 5) is 12.0. The van der Waals surface area contributed by atoms with E-state index in [1.165, 1.54) is 12.1 Å². The quantitative estimate of drug-likeness (QED) is 0.711. The zero-order valence-electron chi connectivity index (χ0n) is 12.5. The molecule has 4 nitrogen and oxygen atoms in total. The Morgan fingerprint density at radius 3 is 2.70 bits per heavy atom. The number of amides is 1. The largest absolute Gasteiger partial charge is 0.492 e. The highest BCUT2D eigenvalue weighted by Gasteiger charge is 2.05. The molecule has 118 valence electrons. The predicted octanol–water partition coefficient (Wildman–Crippen LogP) is 2.98. The van der Waals surface area contributed by atoms with E-state index < -0.39 is 0 Å². The molecule has 23 heavy (non-hydrogen) atoms. The Balaban J connectivity index is 1.45. The average molecular weight is 312 g/mol. The van der Waals surface area contributed by atoms with Gasteiger partial charge in [-0.1, -0.05) is 18.2 Å². The van der Waals surface area contributed by atoms with Gasteiger partial charge in [-0.3, -0.25) is 4.79 Å². The van der Waals surface area contributed by atoms with Gasteiger partial charge in [0.15, 0.2) is 0 Å². The van der Waals surface area contributed by atoms with Crippen molar-refractivity contribution in [3.05, 3.63) is 66.6 Å². The lowest BCUT2D eigenvalue weighted by Crippen LogP contribution is -2.31. The van der Waals surface area contributed by atoms with E-state index in [1.54, 1.807) is 12.1 Å². The maximum absolute atomic E-state index is 12.8. The molecule has 0 unspecified atom stereocenters. The maximum atomic E-state index is 12.8. The van der Waals surface area contributed by atoms with Crippen molar-refractivity contribution in [2.24, 2.45) is 0 Å². The van der Waals surface area contributed by atoms with Crippen molar-refractivity contribution < 1.29 is 13.9 Å². The van der Waals surface area contributed by atoms with Crippen molar-refractivity contribution in [2.75, 3.05) is 13.2 Å². The zero-order valence-corrected chi connectivity index (χ0v) is 12.5. The molecular formula is C18H17FN2O2. The summed E-state index contributed by atoms with van der Waals surface area (Å²) in [6.07, 6.45) is 1.90. The summed E-state index contributed by atoms with van der Waals surface area (Å²) in [5.41, 5.74) is 1.03. The minimum Gasteiger partial charge on any atom is -0.492 e. The number of para-hydroxylation sites is 1. The normalized spacial score (nSPS) is 10.7. The van der Waals surface area contributed by atoms with Crippen molar-refractivity contribution in [3.8, 4) is 5.75 Å². The summed E-state index contributed by atoms with van der Waals surface area (Å²) >= 11 is 0. The van der Waals surface area contributed by atoms with E-state index in [2.05, 4.69) is 5.32 Å². The molecule has 1 heterocycles. The first-order chi connectivity index (χ1) is 11.2. The smallest absolute Gasteiger partial charge is 0.240 e. The number of nitrogens with zero attached hydrogens (tertiary/aromatic N) is 1. The molecule has 0 saturated heterocycles. The molecule has 0 atom stereocenters. The Morgan fingerprint density at radius 1 is 1.09 bits per heavy atom. The minimum absolute atomic E-state index is 0.0749. The van der Waals surface area contributed by atoms with Crippen LogP contribution in [-0.4, -0.2) is 23.6 Å². The Labute approximate surface area is 133 Å². The first-order valence-corrected chi connectivity index (χ1v) is 7.41. The van der Waals surface area contributed by atoms with Gasteiger partial charge in [0, 0.05) is 11.7 Å². The van der Waals surface area contributed by atoms with Crippen LogP contribution < -0.4 is 10.1 Å². The van der Waals surface area contributed by atoms with E-state index in [1.807, 2.05) is 41.1 Å². The second kappa shape index (κ2) is 6.96. The van der Waals surface area contributed by atoms with Crippen molar-refractivity contribution >= 4 is 16.8 Å². The molecule has 0 aliphatic heterocycles. The van der Waals surface area contributed by atoms with Gasteiger partial charge < -0.3 is 14.6 Å². The highest BCUT2D eigenvalue weighted by molar-refractivity contribution is 5.83. The number of hydrogen-bond donors (Lipinski definition) is 1. The summed E-state index contributed by atoms with van der Waals surface area (Å²) in [6, 6.07) is 15.7. The fraction of sp³-hybridized carbons (Fsp3) is 0.167. The van der Waals surface area contributed by atoms with Gasteiger partial charge in [-0.05, 0) is 41.8 Å². The Hall–Kier alpha value is -2.82. The van der Waals surface area contributed by atoms with Gasteiger partial charge >= 0.3 is 0 Å². The molecule has 2 aromatic carbocycles. The second-order valence-electron chi connectivity index (χ2n) is 5.15. The minimum atomic E-state index is -0.301. The monoisotopic (exact) mass is 312 g/mol. The number of ether oxygens (including phenoxy) is 1. The van der Waals surface area contributed by atoms with Crippen LogP contribution in [0.5, 0.6) is 5.75 Å². The second-order valence-corrected chi connectivity index (χ2v) is 5.15. The Bertz CT molecular complexity index is 796. The molecular weight excluding hydrogens is 295 g/mol. The number of hydrogen-bond acceptors (Lipinski definition) is 2. The van der Waals surface area contributed by atoms with Gasteiger partial charge in [-0.15, -0.1) is 0 Å². The van der Waals surface area contributed by atoms with Gasteiger partial charge in [0.25, 0.3) is 0 Å². The first kappa shape index (κ1) is 15.1. The fourth-order valence-electron chi connectivity index (χ4n) is 2.38. The number of fused-ring (bicyclic) bond motifs is 1. The zero-order chi connectivity index (χ0) is 16.1. The molecule has 0 aliphatic rings. The number of halogens is 1. The third-order valence-corrected chi connectivity index (χ3v) is 3.50. The van der Waals surface area contributed by atoms with Crippen molar-refractivity contribution in [3.63, 3.8) is 0 Å². The lowest BCUT2D eigenvalue weighted by Gasteiger charge is -2.09. The molecule has 0 fully saturated rings. The maximum Gasteiger partial charge on any atom is 0.240 e. The topological polar surface area (TPSA) is 43.3 Å². The number of benzene rings is 2. The van der Waals surface area contributed by atoms with E-state index in [0.29, 0.717) is 18.9 Å². The van der Waals surface area contributed by atoms with E-state index in [9.17, 15) is 9.18 Å². The SMILES string of the molecule is O=C(Cn1ccc2ccccc21)NCCOc1ccc(F)cc1. The summed E-state index contributed by atoms with van der Waals surface area (Å²) in [5.74, 6) is 0.204. The van der Waals surface area contributed by atoms with Crippen LogP contribution in [0.1, 0.15) is 0 Å². The van der Waals surface area contributed by atoms with E-state index in [0.717, 1.165) is 10.9 Å². The van der Waals surface area contributed by atoms with Crippen molar-refractivity contribution in [1.82, 2.24) is 9.88 Å². The average Bonchev–Trinajstić information content (AvgIpc) is 2.96. The Kier molecular flexibility index (Phi) is 4.57. The molecule has 3 aromatic rings. The molecule has 0 radical (unpaired) electrons. The summed E-state index contributed by atoms with van der Waals surface area (Å²) in [5, 5.41) is 3.92. The lowest BCUT2D eigenvalue weighted by molar-refractivity contribution is -0.121. The fourth-order valence-corrected chi connectivity index (χ4v) is 2.38.